The lowest BCUT2D eigenvalue weighted by atomic mass is 10.2. The topological polar surface area (TPSA) is 49.9 Å². The van der Waals surface area contributed by atoms with Crippen LogP contribution < -0.4 is 9.64 Å². The van der Waals surface area contributed by atoms with Crippen molar-refractivity contribution in [1.82, 2.24) is 4.90 Å². The molecule has 0 N–H and O–H groups in total. The zero-order valence-electron chi connectivity index (χ0n) is 13.9. The fraction of sp³-hybridized carbons (Fsp3) is 0.263. The summed E-state index contributed by atoms with van der Waals surface area (Å²) in [6, 6.07) is 14.8. The zero-order valence-corrected chi connectivity index (χ0v) is 13.9. The van der Waals surface area contributed by atoms with Gasteiger partial charge in [-0.1, -0.05) is 18.2 Å². The highest BCUT2D eigenvalue weighted by molar-refractivity contribution is 5.96. The van der Waals surface area contributed by atoms with Crippen molar-refractivity contribution in [3.05, 3.63) is 59.7 Å². The minimum absolute atomic E-state index is 0.0185. The summed E-state index contributed by atoms with van der Waals surface area (Å²) in [6.07, 6.45) is 0.878. The zero-order chi connectivity index (χ0) is 17.1. The van der Waals surface area contributed by atoms with Gasteiger partial charge in [-0.3, -0.25) is 9.59 Å². The molecule has 2 aromatic rings. The molecule has 0 saturated carbocycles. The molecule has 0 radical (unpaired) electrons. The van der Waals surface area contributed by atoms with Gasteiger partial charge in [0.25, 0.3) is 11.8 Å². The normalized spacial score (nSPS) is 12.7. The first kappa shape index (κ1) is 16.1. The molecule has 0 bridgehead atoms. The molecule has 0 spiro atoms. The highest BCUT2D eigenvalue weighted by atomic mass is 16.5. The molecule has 124 valence electrons. The second kappa shape index (κ2) is 6.74. The number of ether oxygens (including phenoxy) is 1. The Kier molecular flexibility index (Phi) is 4.51. The van der Waals surface area contributed by atoms with Gasteiger partial charge in [-0.2, -0.15) is 0 Å². The molecule has 0 fully saturated rings. The van der Waals surface area contributed by atoms with Crippen LogP contribution in [0.25, 0.3) is 0 Å². The van der Waals surface area contributed by atoms with Crippen LogP contribution in [-0.4, -0.2) is 44.0 Å². The third-order valence-corrected chi connectivity index (χ3v) is 4.06. The Labute approximate surface area is 141 Å². The molecule has 1 heterocycles. The molecule has 0 unspecified atom stereocenters. The Morgan fingerprint density at radius 1 is 1.08 bits per heavy atom. The first-order chi connectivity index (χ1) is 11.6. The smallest absolute Gasteiger partial charge is 0.264 e. The van der Waals surface area contributed by atoms with Gasteiger partial charge in [0.2, 0.25) is 0 Å². The maximum absolute atomic E-state index is 12.4. The van der Waals surface area contributed by atoms with E-state index in [4.69, 9.17) is 4.74 Å². The van der Waals surface area contributed by atoms with E-state index in [9.17, 15) is 9.59 Å². The lowest BCUT2D eigenvalue weighted by molar-refractivity contribution is -0.120. The lowest BCUT2D eigenvalue weighted by Crippen LogP contribution is -2.33. The van der Waals surface area contributed by atoms with Crippen molar-refractivity contribution < 1.29 is 14.3 Å². The molecule has 5 heteroatoms. The van der Waals surface area contributed by atoms with Gasteiger partial charge in [-0.05, 0) is 42.3 Å². The Balaban J connectivity index is 1.60. The maximum Gasteiger partial charge on any atom is 0.264 e. The van der Waals surface area contributed by atoms with Crippen LogP contribution in [0.3, 0.4) is 0 Å². The van der Waals surface area contributed by atoms with E-state index in [1.54, 1.807) is 43.3 Å². The third-order valence-electron chi connectivity index (χ3n) is 4.06. The number of carbonyl (C=O) groups is 2. The van der Waals surface area contributed by atoms with Gasteiger partial charge in [0.05, 0.1) is 0 Å². The Morgan fingerprint density at radius 3 is 2.50 bits per heavy atom. The summed E-state index contributed by atoms with van der Waals surface area (Å²) in [4.78, 5) is 27.5. The Bertz CT molecular complexity index is 753. The predicted octanol–water partition coefficient (Wildman–Crippen LogP) is 2.36. The number of rotatable bonds is 4. The average molecular weight is 324 g/mol. The van der Waals surface area contributed by atoms with E-state index in [-0.39, 0.29) is 18.4 Å². The van der Waals surface area contributed by atoms with Crippen molar-refractivity contribution in [2.24, 2.45) is 0 Å². The standard InChI is InChI=1S/C19H20N2O3/c1-20(2)19(23)15-7-9-16(10-8-15)24-13-18(22)21-12-11-14-5-3-4-6-17(14)21/h3-10H,11-13H2,1-2H3. The SMILES string of the molecule is CN(C)C(=O)c1ccc(OCC(=O)N2CCc3ccccc32)cc1. The second-order valence-electron chi connectivity index (χ2n) is 5.94. The largest absolute Gasteiger partial charge is 0.484 e. The highest BCUT2D eigenvalue weighted by Gasteiger charge is 2.24. The van der Waals surface area contributed by atoms with Gasteiger partial charge in [0.15, 0.2) is 6.61 Å². The van der Waals surface area contributed by atoms with Crippen LogP contribution in [-0.2, 0) is 11.2 Å². The number of fused-ring (bicyclic) bond motifs is 1. The molecule has 2 aromatic carbocycles. The summed E-state index contributed by atoms with van der Waals surface area (Å²) >= 11 is 0. The maximum atomic E-state index is 12.4. The number of para-hydroxylation sites is 1. The van der Waals surface area contributed by atoms with Gasteiger partial charge < -0.3 is 14.5 Å². The molecule has 1 aliphatic rings. The molecular formula is C19H20N2O3. The van der Waals surface area contributed by atoms with E-state index in [0.29, 0.717) is 17.9 Å². The van der Waals surface area contributed by atoms with Crippen LogP contribution in [0.4, 0.5) is 5.69 Å². The number of nitrogens with zero attached hydrogens (tertiary/aromatic N) is 2. The van der Waals surface area contributed by atoms with Crippen molar-refractivity contribution in [3.8, 4) is 5.75 Å². The molecular weight excluding hydrogens is 304 g/mol. The average Bonchev–Trinajstić information content (AvgIpc) is 3.03. The van der Waals surface area contributed by atoms with Crippen molar-refractivity contribution in [3.63, 3.8) is 0 Å². The molecule has 0 aromatic heterocycles. The van der Waals surface area contributed by atoms with Gasteiger partial charge >= 0.3 is 0 Å². The monoisotopic (exact) mass is 324 g/mol. The summed E-state index contributed by atoms with van der Waals surface area (Å²) in [6.45, 7) is 0.674. The number of hydrogen-bond donors (Lipinski definition) is 0. The van der Waals surface area contributed by atoms with Gasteiger partial charge in [0.1, 0.15) is 5.75 Å². The van der Waals surface area contributed by atoms with Crippen LogP contribution in [0.15, 0.2) is 48.5 Å². The van der Waals surface area contributed by atoms with E-state index in [0.717, 1.165) is 12.1 Å². The Morgan fingerprint density at radius 2 is 1.79 bits per heavy atom. The van der Waals surface area contributed by atoms with E-state index >= 15 is 0 Å². The number of anilines is 1. The van der Waals surface area contributed by atoms with Gasteiger partial charge in [-0.25, -0.2) is 0 Å². The first-order valence-electron chi connectivity index (χ1n) is 7.89. The first-order valence-corrected chi connectivity index (χ1v) is 7.89. The minimum atomic E-state index is -0.0636. The van der Waals surface area contributed by atoms with Crippen molar-refractivity contribution in [2.75, 3.05) is 32.1 Å². The second-order valence-corrected chi connectivity index (χ2v) is 5.94. The fourth-order valence-electron chi connectivity index (χ4n) is 2.77. The fourth-order valence-corrected chi connectivity index (χ4v) is 2.77. The molecule has 2 amide bonds. The summed E-state index contributed by atoms with van der Waals surface area (Å²) < 4.78 is 5.57. The summed E-state index contributed by atoms with van der Waals surface area (Å²) in [5.74, 6) is 0.450. The van der Waals surface area contributed by atoms with Crippen LogP contribution >= 0.6 is 0 Å². The number of hydrogen-bond acceptors (Lipinski definition) is 3. The molecule has 5 nitrogen and oxygen atoms in total. The van der Waals surface area contributed by atoms with Crippen LogP contribution in [0.2, 0.25) is 0 Å². The van der Waals surface area contributed by atoms with E-state index < -0.39 is 0 Å². The third kappa shape index (κ3) is 3.25. The molecule has 1 aliphatic heterocycles. The van der Waals surface area contributed by atoms with E-state index in [2.05, 4.69) is 0 Å². The lowest BCUT2D eigenvalue weighted by Gasteiger charge is -2.17. The van der Waals surface area contributed by atoms with Crippen molar-refractivity contribution in [1.29, 1.82) is 0 Å². The molecule has 0 atom stereocenters. The van der Waals surface area contributed by atoms with Gasteiger partial charge in [0, 0.05) is 31.9 Å². The highest BCUT2D eigenvalue weighted by Crippen LogP contribution is 2.27. The number of carbonyl (C=O) groups excluding carboxylic acids is 2. The molecule has 0 saturated heterocycles. The minimum Gasteiger partial charge on any atom is -0.484 e. The van der Waals surface area contributed by atoms with E-state index in [1.807, 2.05) is 24.3 Å². The summed E-state index contributed by atoms with van der Waals surface area (Å²) in [5, 5.41) is 0. The molecule has 24 heavy (non-hydrogen) atoms. The van der Waals surface area contributed by atoms with E-state index in [1.165, 1.54) is 10.5 Å². The summed E-state index contributed by atoms with van der Waals surface area (Å²) in [5.41, 5.74) is 2.75. The van der Waals surface area contributed by atoms with Crippen molar-refractivity contribution in [2.45, 2.75) is 6.42 Å². The predicted molar refractivity (Wildman–Crippen MR) is 92.5 cm³/mol. The number of amides is 2. The Hall–Kier alpha value is -2.82. The molecule has 0 aliphatic carbocycles. The van der Waals surface area contributed by atoms with Crippen molar-refractivity contribution >= 4 is 17.5 Å². The quantitative estimate of drug-likeness (QED) is 0.867. The summed E-state index contributed by atoms with van der Waals surface area (Å²) in [7, 11) is 3.42. The molecule has 3 rings (SSSR count). The number of benzene rings is 2. The van der Waals surface area contributed by atoms with Gasteiger partial charge in [-0.15, -0.1) is 0 Å². The van der Waals surface area contributed by atoms with Crippen LogP contribution in [0.5, 0.6) is 5.75 Å². The van der Waals surface area contributed by atoms with Crippen LogP contribution in [0.1, 0.15) is 15.9 Å². The van der Waals surface area contributed by atoms with Crippen LogP contribution in [0, 0.1) is 0 Å².